The fraction of sp³-hybridized carbons (Fsp3) is 0.235. The molecule has 2 rings (SSSR count). The van der Waals surface area contributed by atoms with E-state index >= 15 is 0 Å². The normalized spacial score (nSPS) is 12.0. The molecule has 0 heterocycles. The van der Waals surface area contributed by atoms with Gasteiger partial charge in [0, 0.05) is 6.42 Å². The molecule has 24 heavy (non-hydrogen) atoms. The SMILES string of the molecule is N[C@H](Cc1cc(I)c(OCCc2ccc(O)cc2)c(I)c1)C(=O)O. The minimum atomic E-state index is -1.01. The first-order chi connectivity index (χ1) is 11.4. The van der Waals surface area contributed by atoms with Gasteiger partial charge < -0.3 is 20.7 Å². The van der Waals surface area contributed by atoms with Crippen LogP contribution in [0.1, 0.15) is 11.1 Å². The van der Waals surface area contributed by atoms with E-state index in [1.807, 2.05) is 24.3 Å². The zero-order valence-electron chi connectivity index (χ0n) is 12.7. The summed E-state index contributed by atoms with van der Waals surface area (Å²) in [5.41, 5.74) is 7.55. The minimum absolute atomic E-state index is 0.249. The summed E-state index contributed by atoms with van der Waals surface area (Å²) in [5, 5.41) is 18.2. The highest BCUT2D eigenvalue weighted by Gasteiger charge is 2.15. The number of carboxylic acids is 1. The molecular weight excluding hydrogens is 536 g/mol. The molecule has 0 amide bonds. The van der Waals surface area contributed by atoms with Gasteiger partial charge in [-0.1, -0.05) is 12.1 Å². The smallest absolute Gasteiger partial charge is 0.320 e. The van der Waals surface area contributed by atoms with E-state index in [0.29, 0.717) is 6.61 Å². The summed E-state index contributed by atoms with van der Waals surface area (Å²) >= 11 is 4.37. The van der Waals surface area contributed by atoms with Crippen LogP contribution in [0.4, 0.5) is 0 Å². The number of hydrogen-bond acceptors (Lipinski definition) is 4. The second kappa shape index (κ2) is 8.86. The number of halogens is 2. The van der Waals surface area contributed by atoms with Crippen LogP contribution < -0.4 is 10.5 Å². The first kappa shape index (κ1) is 19.3. The number of carbonyl (C=O) groups is 1. The van der Waals surface area contributed by atoms with Gasteiger partial charge in [0.1, 0.15) is 17.5 Å². The molecule has 0 aliphatic carbocycles. The van der Waals surface area contributed by atoms with Crippen LogP contribution >= 0.6 is 45.2 Å². The number of ether oxygens (including phenoxy) is 1. The number of aromatic hydroxyl groups is 1. The van der Waals surface area contributed by atoms with Crippen molar-refractivity contribution in [1.29, 1.82) is 0 Å². The van der Waals surface area contributed by atoms with Gasteiger partial charge in [-0.05, 0) is 87.0 Å². The van der Waals surface area contributed by atoms with Gasteiger partial charge in [0.25, 0.3) is 0 Å². The predicted molar refractivity (Wildman–Crippen MR) is 108 cm³/mol. The number of nitrogens with two attached hydrogens (primary N) is 1. The summed E-state index contributed by atoms with van der Waals surface area (Å²) in [4.78, 5) is 10.9. The maximum Gasteiger partial charge on any atom is 0.320 e. The Hall–Kier alpha value is -1.07. The van der Waals surface area contributed by atoms with Crippen molar-refractivity contribution in [3.05, 3.63) is 54.7 Å². The molecular formula is C17H17I2NO4. The molecule has 0 unspecified atom stereocenters. The van der Waals surface area contributed by atoms with Crippen LogP contribution in [0.2, 0.25) is 0 Å². The molecule has 5 nitrogen and oxygen atoms in total. The summed E-state index contributed by atoms with van der Waals surface area (Å²) in [6, 6.07) is 9.95. The molecule has 0 aliphatic rings. The average Bonchev–Trinajstić information content (AvgIpc) is 2.51. The first-order valence-corrected chi connectivity index (χ1v) is 9.39. The second-order valence-electron chi connectivity index (χ2n) is 5.30. The van der Waals surface area contributed by atoms with Gasteiger partial charge in [0.2, 0.25) is 0 Å². The number of aliphatic carboxylic acids is 1. The Bertz CT molecular complexity index is 696. The van der Waals surface area contributed by atoms with Gasteiger partial charge in [-0.2, -0.15) is 0 Å². The van der Waals surface area contributed by atoms with Crippen molar-refractivity contribution in [2.75, 3.05) is 6.61 Å². The van der Waals surface area contributed by atoms with Crippen LogP contribution in [-0.4, -0.2) is 28.8 Å². The molecule has 0 saturated heterocycles. The van der Waals surface area contributed by atoms with E-state index in [9.17, 15) is 9.90 Å². The third-order valence-electron chi connectivity index (χ3n) is 3.40. The number of hydrogen-bond donors (Lipinski definition) is 3. The third kappa shape index (κ3) is 5.49. The van der Waals surface area contributed by atoms with Gasteiger partial charge >= 0.3 is 5.97 Å². The van der Waals surface area contributed by atoms with Crippen LogP contribution in [-0.2, 0) is 17.6 Å². The minimum Gasteiger partial charge on any atom is -0.508 e. The monoisotopic (exact) mass is 553 g/mol. The number of rotatable bonds is 7. The van der Waals surface area contributed by atoms with Gasteiger partial charge in [0.15, 0.2) is 0 Å². The summed E-state index contributed by atoms with van der Waals surface area (Å²) in [6.45, 7) is 0.519. The number of benzene rings is 2. The van der Waals surface area contributed by atoms with E-state index in [4.69, 9.17) is 15.6 Å². The van der Waals surface area contributed by atoms with E-state index in [0.717, 1.165) is 30.4 Å². The highest BCUT2D eigenvalue weighted by atomic mass is 127. The van der Waals surface area contributed by atoms with Crippen molar-refractivity contribution in [1.82, 2.24) is 0 Å². The third-order valence-corrected chi connectivity index (χ3v) is 5.01. The molecule has 0 fully saturated rings. The van der Waals surface area contributed by atoms with E-state index in [1.165, 1.54) is 0 Å². The lowest BCUT2D eigenvalue weighted by Crippen LogP contribution is -2.32. The molecule has 0 aliphatic heterocycles. The lowest BCUT2D eigenvalue weighted by molar-refractivity contribution is -0.138. The largest absolute Gasteiger partial charge is 0.508 e. The molecule has 0 bridgehead atoms. The Labute approximate surface area is 167 Å². The Morgan fingerprint density at radius 2 is 1.71 bits per heavy atom. The fourth-order valence-corrected chi connectivity index (χ4v) is 4.35. The Balaban J connectivity index is 2.00. The number of phenolic OH excluding ortho intramolecular Hbond substituents is 1. The quantitative estimate of drug-likeness (QED) is 0.459. The van der Waals surface area contributed by atoms with Crippen molar-refractivity contribution in [2.24, 2.45) is 5.73 Å². The fourth-order valence-electron chi connectivity index (χ4n) is 2.14. The highest BCUT2D eigenvalue weighted by molar-refractivity contribution is 14.1. The van der Waals surface area contributed by atoms with Crippen molar-refractivity contribution < 1.29 is 19.7 Å². The maximum atomic E-state index is 10.9. The molecule has 0 aromatic heterocycles. The molecule has 4 N–H and O–H groups in total. The maximum absolute atomic E-state index is 10.9. The standard InChI is InChI=1S/C17H17I2NO4/c18-13-7-11(9-15(20)17(22)23)8-14(19)16(13)24-6-5-10-1-3-12(21)4-2-10/h1-4,7-8,15,21H,5-6,9,20H2,(H,22,23)/t15-/m1/s1. The second-order valence-corrected chi connectivity index (χ2v) is 7.63. The van der Waals surface area contributed by atoms with Crippen LogP contribution in [0.15, 0.2) is 36.4 Å². The van der Waals surface area contributed by atoms with Crippen LogP contribution in [0, 0.1) is 7.14 Å². The summed E-state index contributed by atoms with van der Waals surface area (Å²) in [5.74, 6) is 0.0378. The molecule has 0 saturated carbocycles. The number of carboxylic acid groups (broad SMARTS) is 1. The van der Waals surface area contributed by atoms with E-state index in [-0.39, 0.29) is 12.2 Å². The van der Waals surface area contributed by atoms with Crippen molar-refractivity contribution in [3.63, 3.8) is 0 Å². The summed E-state index contributed by atoms with van der Waals surface area (Å²) in [6.07, 6.45) is 1.02. The van der Waals surface area contributed by atoms with Crippen LogP contribution in [0.3, 0.4) is 0 Å². The zero-order valence-corrected chi connectivity index (χ0v) is 17.0. The molecule has 2 aromatic carbocycles. The van der Waals surface area contributed by atoms with Crippen molar-refractivity contribution >= 4 is 51.2 Å². The van der Waals surface area contributed by atoms with Gasteiger partial charge in [0.05, 0.1) is 13.7 Å². The van der Waals surface area contributed by atoms with Gasteiger partial charge in [-0.15, -0.1) is 0 Å². The van der Waals surface area contributed by atoms with Crippen molar-refractivity contribution in [3.8, 4) is 11.5 Å². The molecule has 7 heteroatoms. The average molecular weight is 553 g/mol. The lowest BCUT2D eigenvalue weighted by Gasteiger charge is -2.13. The number of phenols is 1. The van der Waals surface area contributed by atoms with Gasteiger partial charge in [-0.25, -0.2) is 0 Å². The van der Waals surface area contributed by atoms with Gasteiger partial charge in [-0.3, -0.25) is 4.79 Å². The zero-order chi connectivity index (χ0) is 17.7. The summed E-state index contributed by atoms with van der Waals surface area (Å²) < 4.78 is 7.74. The topological polar surface area (TPSA) is 92.8 Å². The Morgan fingerprint density at radius 1 is 1.12 bits per heavy atom. The Morgan fingerprint density at radius 3 is 2.25 bits per heavy atom. The molecule has 0 spiro atoms. The highest BCUT2D eigenvalue weighted by Crippen LogP contribution is 2.29. The lowest BCUT2D eigenvalue weighted by atomic mass is 10.1. The van der Waals surface area contributed by atoms with Crippen molar-refractivity contribution in [2.45, 2.75) is 18.9 Å². The predicted octanol–water partition coefficient (Wildman–Crippen LogP) is 3.18. The van der Waals surface area contributed by atoms with Crippen LogP contribution in [0.25, 0.3) is 0 Å². The molecule has 2 aromatic rings. The molecule has 128 valence electrons. The Kier molecular flexibility index (Phi) is 7.11. The van der Waals surface area contributed by atoms with E-state index in [2.05, 4.69) is 45.2 Å². The van der Waals surface area contributed by atoms with E-state index < -0.39 is 12.0 Å². The summed E-state index contributed by atoms with van der Waals surface area (Å²) in [7, 11) is 0. The molecule has 0 radical (unpaired) electrons. The van der Waals surface area contributed by atoms with Crippen LogP contribution in [0.5, 0.6) is 11.5 Å². The molecule has 1 atom stereocenters. The van der Waals surface area contributed by atoms with E-state index in [1.54, 1.807) is 12.1 Å². The first-order valence-electron chi connectivity index (χ1n) is 7.24.